The first kappa shape index (κ1) is 13.4. The Morgan fingerprint density at radius 3 is 2.41 bits per heavy atom. The van der Waals surface area contributed by atoms with E-state index >= 15 is 0 Å². The van der Waals surface area contributed by atoms with Crippen LogP contribution in [0.5, 0.6) is 0 Å². The van der Waals surface area contributed by atoms with Crippen LogP contribution in [0, 0.1) is 0 Å². The minimum atomic E-state index is -0.0652. The van der Waals surface area contributed by atoms with E-state index in [2.05, 4.69) is 22.4 Å². The number of amides is 1. The van der Waals surface area contributed by atoms with E-state index in [1.54, 1.807) is 17.0 Å². The zero-order valence-corrected chi connectivity index (χ0v) is 10.7. The van der Waals surface area contributed by atoms with Gasteiger partial charge in [0, 0.05) is 19.6 Å². The Balaban J connectivity index is 2.69. The summed E-state index contributed by atoms with van der Waals surface area (Å²) < 4.78 is 0. The van der Waals surface area contributed by atoms with Crippen molar-refractivity contribution in [2.24, 2.45) is 0 Å². The minimum absolute atomic E-state index is 0.0652. The van der Waals surface area contributed by atoms with Crippen LogP contribution in [0.1, 0.15) is 37.7 Å². The summed E-state index contributed by atoms with van der Waals surface area (Å²) in [4.78, 5) is 13.7. The van der Waals surface area contributed by atoms with Gasteiger partial charge in [0.15, 0.2) is 5.69 Å². The highest BCUT2D eigenvalue weighted by Gasteiger charge is 2.13. The molecule has 94 valence electrons. The zero-order chi connectivity index (χ0) is 12.7. The van der Waals surface area contributed by atoms with Gasteiger partial charge in [0.05, 0.1) is 0 Å². The lowest BCUT2D eigenvalue weighted by molar-refractivity contribution is 0.0766. The molecule has 1 N–H and O–H groups in total. The third kappa shape index (κ3) is 3.69. The molecule has 1 aromatic rings. The maximum Gasteiger partial charge on any atom is 0.274 e. The fourth-order valence-electron chi connectivity index (χ4n) is 1.47. The number of nitrogens with zero attached hydrogens (tertiary/aromatic N) is 3. The Kier molecular flexibility index (Phi) is 5.39. The third-order valence-corrected chi connectivity index (χ3v) is 2.49. The van der Waals surface area contributed by atoms with E-state index in [4.69, 9.17) is 0 Å². The lowest BCUT2D eigenvalue weighted by Gasteiger charge is -2.17. The summed E-state index contributed by atoms with van der Waals surface area (Å²) in [6.07, 6.45) is 1.03. The average molecular weight is 236 g/mol. The van der Waals surface area contributed by atoms with Crippen LogP contribution < -0.4 is 5.32 Å². The number of anilines is 1. The van der Waals surface area contributed by atoms with Crippen molar-refractivity contribution in [3.63, 3.8) is 0 Å². The number of hydrogen-bond acceptors (Lipinski definition) is 4. The molecule has 0 atom stereocenters. The topological polar surface area (TPSA) is 58.1 Å². The van der Waals surface area contributed by atoms with Crippen LogP contribution in [-0.2, 0) is 0 Å². The van der Waals surface area contributed by atoms with Crippen LogP contribution in [0.3, 0.4) is 0 Å². The van der Waals surface area contributed by atoms with Crippen molar-refractivity contribution in [2.75, 3.05) is 25.0 Å². The van der Waals surface area contributed by atoms with Gasteiger partial charge in [-0.05, 0) is 32.4 Å². The molecule has 0 bridgehead atoms. The van der Waals surface area contributed by atoms with E-state index in [1.165, 1.54) is 0 Å². The van der Waals surface area contributed by atoms with E-state index in [1.807, 2.05) is 13.8 Å². The highest BCUT2D eigenvalue weighted by atomic mass is 16.2. The summed E-state index contributed by atoms with van der Waals surface area (Å²) in [6.45, 7) is 8.22. The van der Waals surface area contributed by atoms with Gasteiger partial charge >= 0.3 is 0 Å². The van der Waals surface area contributed by atoms with Gasteiger partial charge in [0.25, 0.3) is 5.91 Å². The van der Waals surface area contributed by atoms with Crippen LogP contribution >= 0.6 is 0 Å². The highest BCUT2D eigenvalue weighted by Crippen LogP contribution is 2.05. The second-order valence-electron chi connectivity index (χ2n) is 3.71. The summed E-state index contributed by atoms with van der Waals surface area (Å²) in [7, 11) is 0. The Morgan fingerprint density at radius 1 is 1.24 bits per heavy atom. The first-order chi connectivity index (χ1) is 8.22. The molecule has 0 fully saturated rings. The molecule has 1 aromatic heterocycles. The summed E-state index contributed by atoms with van der Waals surface area (Å²) in [5.74, 6) is 0.646. The number of carbonyl (C=O) groups is 1. The van der Waals surface area contributed by atoms with Gasteiger partial charge in [-0.3, -0.25) is 4.79 Å². The molecule has 17 heavy (non-hydrogen) atoms. The Bertz CT molecular complexity index is 346. The van der Waals surface area contributed by atoms with E-state index in [9.17, 15) is 4.79 Å². The standard InChI is InChI=1S/C12H20N4O/c1-4-9-13-11-8-7-10(14-15-11)12(17)16(5-2)6-3/h7-8H,4-6,9H2,1-3H3,(H,13,15). The molecule has 1 heterocycles. The Hall–Kier alpha value is -1.65. The molecule has 0 aromatic carbocycles. The quantitative estimate of drug-likeness (QED) is 0.818. The molecule has 0 radical (unpaired) electrons. The number of hydrogen-bond donors (Lipinski definition) is 1. The van der Waals surface area contributed by atoms with Crippen molar-refractivity contribution < 1.29 is 4.79 Å². The van der Waals surface area contributed by atoms with E-state index in [0.717, 1.165) is 13.0 Å². The molecule has 5 nitrogen and oxygen atoms in total. The van der Waals surface area contributed by atoms with Crippen molar-refractivity contribution in [1.29, 1.82) is 0 Å². The second-order valence-corrected chi connectivity index (χ2v) is 3.71. The van der Waals surface area contributed by atoms with Crippen LogP contribution in [0.4, 0.5) is 5.82 Å². The van der Waals surface area contributed by atoms with Gasteiger partial charge in [-0.2, -0.15) is 0 Å². The lowest BCUT2D eigenvalue weighted by Crippen LogP contribution is -2.31. The normalized spacial score (nSPS) is 10.1. The van der Waals surface area contributed by atoms with Crippen molar-refractivity contribution in [3.05, 3.63) is 17.8 Å². The first-order valence-corrected chi connectivity index (χ1v) is 6.09. The molecule has 1 amide bonds. The number of aromatic nitrogens is 2. The molecule has 1 rings (SSSR count). The molecule has 0 unspecified atom stereocenters. The molecule has 0 saturated heterocycles. The Labute approximate surface area is 102 Å². The fraction of sp³-hybridized carbons (Fsp3) is 0.583. The van der Waals surface area contributed by atoms with Gasteiger partial charge in [0.1, 0.15) is 5.82 Å². The molecule has 0 aliphatic carbocycles. The summed E-state index contributed by atoms with van der Waals surface area (Å²) in [5.41, 5.74) is 0.399. The smallest absolute Gasteiger partial charge is 0.274 e. The van der Waals surface area contributed by atoms with Gasteiger partial charge in [-0.25, -0.2) is 0 Å². The number of carbonyl (C=O) groups excluding carboxylic acids is 1. The largest absolute Gasteiger partial charge is 0.369 e. The molecule has 0 aliphatic heterocycles. The van der Waals surface area contributed by atoms with Gasteiger partial charge in [0.2, 0.25) is 0 Å². The molecule has 0 aliphatic rings. The van der Waals surface area contributed by atoms with Crippen LogP contribution in [0.25, 0.3) is 0 Å². The summed E-state index contributed by atoms with van der Waals surface area (Å²) in [6, 6.07) is 3.50. The van der Waals surface area contributed by atoms with E-state index in [0.29, 0.717) is 24.6 Å². The van der Waals surface area contributed by atoms with Crippen molar-refractivity contribution in [3.8, 4) is 0 Å². The zero-order valence-electron chi connectivity index (χ0n) is 10.7. The average Bonchev–Trinajstić information content (AvgIpc) is 2.38. The molecule has 0 saturated carbocycles. The maximum atomic E-state index is 11.9. The molecule has 5 heteroatoms. The second kappa shape index (κ2) is 6.83. The third-order valence-electron chi connectivity index (χ3n) is 2.49. The van der Waals surface area contributed by atoms with Gasteiger partial charge in [-0.15, -0.1) is 10.2 Å². The fourth-order valence-corrected chi connectivity index (χ4v) is 1.47. The molecule has 0 spiro atoms. The van der Waals surface area contributed by atoms with Crippen LogP contribution in [0.2, 0.25) is 0 Å². The number of rotatable bonds is 6. The lowest BCUT2D eigenvalue weighted by atomic mass is 10.3. The van der Waals surface area contributed by atoms with Crippen molar-refractivity contribution in [2.45, 2.75) is 27.2 Å². The summed E-state index contributed by atoms with van der Waals surface area (Å²) in [5, 5.41) is 11.0. The predicted octanol–water partition coefficient (Wildman–Crippen LogP) is 1.78. The van der Waals surface area contributed by atoms with Gasteiger partial charge in [-0.1, -0.05) is 6.92 Å². The van der Waals surface area contributed by atoms with Crippen molar-refractivity contribution >= 4 is 11.7 Å². The summed E-state index contributed by atoms with van der Waals surface area (Å²) >= 11 is 0. The van der Waals surface area contributed by atoms with E-state index in [-0.39, 0.29) is 5.91 Å². The minimum Gasteiger partial charge on any atom is -0.369 e. The Morgan fingerprint density at radius 2 is 1.94 bits per heavy atom. The predicted molar refractivity (Wildman–Crippen MR) is 68.1 cm³/mol. The maximum absolute atomic E-state index is 11.9. The monoisotopic (exact) mass is 236 g/mol. The van der Waals surface area contributed by atoms with Gasteiger partial charge < -0.3 is 10.2 Å². The van der Waals surface area contributed by atoms with Crippen LogP contribution in [0.15, 0.2) is 12.1 Å². The van der Waals surface area contributed by atoms with Crippen molar-refractivity contribution in [1.82, 2.24) is 15.1 Å². The highest BCUT2D eigenvalue weighted by molar-refractivity contribution is 5.92. The van der Waals surface area contributed by atoms with E-state index < -0.39 is 0 Å². The molecular formula is C12H20N4O. The van der Waals surface area contributed by atoms with Crippen LogP contribution in [-0.4, -0.2) is 40.6 Å². The SMILES string of the molecule is CCCNc1ccc(C(=O)N(CC)CC)nn1. The first-order valence-electron chi connectivity index (χ1n) is 6.09. The molecular weight excluding hydrogens is 216 g/mol. The number of nitrogens with one attached hydrogen (secondary N) is 1.